The van der Waals surface area contributed by atoms with Gasteiger partial charge in [0.25, 0.3) is 5.91 Å². The van der Waals surface area contributed by atoms with Gasteiger partial charge < -0.3 is 20.3 Å². The van der Waals surface area contributed by atoms with E-state index in [1.165, 1.54) is 0 Å². The van der Waals surface area contributed by atoms with Crippen LogP contribution in [0.1, 0.15) is 79.2 Å². The van der Waals surface area contributed by atoms with Crippen LogP contribution in [0.3, 0.4) is 0 Å². The molecular weight excluding hydrogens is 438 g/mol. The number of piperidine rings is 2. The van der Waals surface area contributed by atoms with Crippen LogP contribution in [0.2, 0.25) is 0 Å². The molecule has 2 amide bonds. The minimum absolute atomic E-state index is 0.0607. The number of hydrogen-bond acceptors (Lipinski definition) is 4. The fourth-order valence-electron chi connectivity index (χ4n) is 5.93. The van der Waals surface area contributed by atoms with Crippen LogP contribution in [0.25, 0.3) is 0 Å². The minimum Gasteiger partial charge on any atom is -0.493 e. The summed E-state index contributed by atoms with van der Waals surface area (Å²) in [4.78, 5) is 29.2. The summed E-state index contributed by atoms with van der Waals surface area (Å²) in [6.45, 7) is 8.50. The lowest BCUT2D eigenvalue weighted by Gasteiger charge is -2.48. The van der Waals surface area contributed by atoms with Crippen LogP contribution in [0, 0.1) is 11.8 Å². The third-order valence-electron chi connectivity index (χ3n) is 7.71. The molecular formula is C29H37N3O3. The van der Waals surface area contributed by atoms with E-state index in [0.717, 1.165) is 54.7 Å². The number of carbonyl (C=O) groups is 2. The normalized spacial score (nSPS) is 24.3. The molecule has 0 aliphatic carbocycles. The number of nitrogens with one attached hydrogen (secondary N) is 2. The molecule has 6 nitrogen and oxygen atoms in total. The lowest BCUT2D eigenvalue weighted by molar-refractivity contribution is -0.145. The monoisotopic (exact) mass is 475 g/mol. The van der Waals surface area contributed by atoms with Gasteiger partial charge in [0.15, 0.2) is 0 Å². The number of rotatable bonds is 6. The Balaban J connectivity index is 1.50. The maximum absolute atomic E-state index is 13.7. The first kappa shape index (κ1) is 23.9. The highest BCUT2D eigenvalue weighted by Gasteiger charge is 2.46. The van der Waals surface area contributed by atoms with Gasteiger partial charge in [0, 0.05) is 18.2 Å². The molecule has 0 saturated carbocycles. The molecule has 0 spiro atoms. The second-order valence-electron chi connectivity index (χ2n) is 10.7. The van der Waals surface area contributed by atoms with E-state index in [1.807, 2.05) is 48.2 Å². The van der Waals surface area contributed by atoms with E-state index in [4.69, 9.17) is 4.74 Å². The van der Waals surface area contributed by atoms with E-state index in [2.05, 4.69) is 30.5 Å². The quantitative estimate of drug-likeness (QED) is 0.649. The van der Waals surface area contributed by atoms with E-state index in [9.17, 15) is 9.59 Å². The van der Waals surface area contributed by atoms with E-state index >= 15 is 0 Å². The Labute approximate surface area is 208 Å². The van der Waals surface area contributed by atoms with E-state index < -0.39 is 0 Å². The van der Waals surface area contributed by atoms with Gasteiger partial charge in [-0.2, -0.15) is 0 Å². The Morgan fingerprint density at radius 2 is 2.00 bits per heavy atom. The first-order chi connectivity index (χ1) is 16.9. The van der Waals surface area contributed by atoms with Crippen molar-refractivity contribution >= 4 is 11.8 Å². The predicted molar refractivity (Wildman–Crippen MR) is 136 cm³/mol. The van der Waals surface area contributed by atoms with Crippen LogP contribution in [-0.4, -0.2) is 42.5 Å². The highest BCUT2D eigenvalue weighted by molar-refractivity contribution is 5.97. The Morgan fingerprint density at radius 3 is 2.77 bits per heavy atom. The highest BCUT2D eigenvalue weighted by atomic mass is 16.5. The summed E-state index contributed by atoms with van der Waals surface area (Å²) in [5, 5.41) is 6.79. The van der Waals surface area contributed by atoms with Crippen molar-refractivity contribution in [2.24, 2.45) is 11.8 Å². The van der Waals surface area contributed by atoms with Gasteiger partial charge in [-0.15, -0.1) is 0 Å². The largest absolute Gasteiger partial charge is 0.493 e. The van der Waals surface area contributed by atoms with Crippen LogP contribution in [0.4, 0.5) is 0 Å². The third kappa shape index (κ3) is 4.81. The summed E-state index contributed by atoms with van der Waals surface area (Å²) in [6.07, 6.45) is 3.60. The fourth-order valence-corrected chi connectivity index (χ4v) is 5.93. The zero-order valence-corrected chi connectivity index (χ0v) is 21.0. The summed E-state index contributed by atoms with van der Waals surface area (Å²) >= 11 is 0. The smallest absolute Gasteiger partial charge is 0.252 e. The Morgan fingerprint density at radius 1 is 1.20 bits per heavy atom. The summed E-state index contributed by atoms with van der Waals surface area (Å²) in [5.41, 5.74) is 3.84. The van der Waals surface area contributed by atoms with E-state index in [1.54, 1.807) is 0 Å². The summed E-state index contributed by atoms with van der Waals surface area (Å²) in [5.74, 6) is 1.32. The van der Waals surface area contributed by atoms with Gasteiger partial charge in [0.1, 0.15) is 5.75 Å². The number of fused-ring (bicyclic) bond motifs is 4. The number of amides is 2. The average Bonchev–Trinajstić information content (AvgIpc) is 2.87. The van der Waals surface area contributed by atoms with Crippen LogP contribution >= 0.6 is 0 Å². The lowest BCUT2D eigenvalue weighted by Crippen LogP contribution is -2.58. The molecule has 0 radical (unpaired) electrons. The van der Waals surface area contributed by atoms with Crippen molar-refractivity contribution in [2.45, 2.75) is 64.6 Å². The summed E-state index contributed by atoms with van der Waals surface area (Å²) < 4.78 is 6.08. The SMILES string of the molecule is CC(C)COc1cc2c(c(C(=O)N[C@H](C)c3ccccc3)c1)[C@@H]1C[C@H]3NCCC[C@H]3C(=O)N1CC2. The van der Waals surface area contributed by atoms with Crippen molar-refractivity contribution in [2.75, 3.05) is 19.7 Å². The van der Waals surface area contributed by atoms with Crippen LogP contribution in [0.15, 0.2) is 42.5 Å². The lowest BCUT2D eigenvalue weighted by atomic mass is 9.75. The summed E-state index contributed by atoms with van der Waals surface area (Å²) in [7, 11) is 0. The Hall–Kier alpha value is -2.86. The highest BCUT2D eigenvalue weighted by Crippen LogP contribution is 2.44. The number of hydrogen-bond donors (Lipinski definition) is 2. The van der Waals surface area contributed by atoms with E-state index in [-0.39, 0.29) is 35.9 Å². The van der Waals surface area contributed by atoms with Crippen LogP contribution in [0.5, 0.6) is 5.75 Å². The van der Waals surface area contributed by atoms with Crippen LogP contribution < -0.4 is 15.4 Å². The zero-order valence-electron chi connectivity index (χ0n) is 21.0. The molecule has 2 aromatic rings. The van der Waals surface area contributed by atoms with Crippen molar-refractivity contribution in [1.29, 1.82) is 0 Å². The van der Waals surface area contributed by atoms with Gasteiger partial charge >= 0.3 is 0 Å². The molecule has 0 unspecified atom stereocenters. The molecule has 186 valence electrons. The van der Waals surface area contributed by atoms with Crippen molar-refractivity contribution in [3.05, 3.63) is 64.7 Å². The van der Waals surface area contributed by atoms with E-state index in [0.29, 0.717) is 24.6 Å². The molecule has 35 heavy (non-hydrogen) atoms. The van der Waals surface area contributed by atoms with Crippen molar-refractivity contribution in [3.8, 4) is 5.75 Å². The molecule has 2 fully saturated rings. The Bertz CT molecular complexity index is 1080. The van der Waals surface area contributed by atoms with Gasteiger partial charge in [0.2, 0.25) is 5.91 Å². The molecule has 6 heteroatoms. The molecule has 3 heterocycles. The van der Waals surface area contributed by atoms with Crippen LogP contribution in [-0.2, 0) is 11.2 Å². The van der Waals surface area contributed by atoms with Gasteiger partial charge in [-0.05, 0) is 73.9 Å². The van der Waals surface area contributed by atoms with Crippen molar-refractivity contribution in [1.82, 2.24) is 15.5 Å². The summed E-state index contributed by atoms with van der Waals surface area (Å²) in [6, 6.07) is 14.0. The standard InChI is InChI=1S/C29H37N3O3/c1-18(2)17-35-22-14-21-11-13-32-26(16-25-23(29(32)34)10-7-12-30-25)27(21)24(15-22)28(33)31-19(3)20-8-5-4-6-9-20/h4-6,8-9,14-15,18-19,23,25-26,30H,7,10-13,16-17H2,1-3H3,(H,31,33)/t19-,23-,25-,26+/m1/s1. The number of ether oxygens (including phenoxy) is 1. The second-order valence-corrected chi connectivity index (χ2v) is 10.7. The number of carbonyl (C=O) groups excluding carboxylic acids is 2. The molecule has 0 bridgehead atoms. The fraction of sp³-hybridized carbons (Fsp3) is 0.517. The Kier molecular flexibility index (Phi) is 6.83. The molecule has 2 saturated heterocycles. The third-order valence-corrected chi connectivity index (χ3v) is 7.71. The first-order valence-corrected chi connectivity index (χ1v) is 13.1. The van der Waals surface area contributed by atoms with Crippen molar-refractivity contribution in [3.63, 3.8) is 0 Å². The number of nitrogens with zero attached hydrogens (tertiary/aromatic N) is 1. The van der Waals surface area contributed by atoms with Gasteiger partial charge in [0.05, 0.1) is 24.6 Å². The van der Waals surface area contributed by atoms with Gasteiger partial charge in [-0.3, -0.25) is 9.59 Å². The predicted octanol–water partition coefficient (Wildman–Crippen LogP) is 4.41. The average molecular weight is 476 g/mol. The second kappa shape index (κ2) is 10.0. The molecule has 3 aliphatic rings. The topological polar surface area (TPSA) is 70.7 Å². The molecule has 5 rings (SSSR count). The van der Waals surface area contributed by atoms with Crippen molar-refractivity contribution < 1.29 is 14.3 Å². The molecule has 0 aromatic heterocycles. The maximum atomic E-state index is 13.7. The molecule has 2 aromatic carbocycles. The molecule has 2 N–H and O–H groups in total. The maximum Gasteiger partial charge on any atom is 0.252 e. The minimum atomic E-state index is -0.128. The zero-order chi connectivity index (χ0) is 24.5. The first-order valence-electron chi connectivity index (χ1n) is 13.1. The number of benzene rings is 2. The molecule has 4 atom stereocenters. The molecule has 3 aliphatic heterocycles. The van der Waals surface area contributed by atoms with Gasteiger partial charge in [-0.25, -0.2) is 0 Å². The van der Waals surface area contributed by atoms with Gasteiger partial charge in [-0.1, -0.05) is 44.2 Å².